The Morgan fingerprint density at radius 2 is 1.11 bits per heavy atom. The summed E-state index contributed by atoms with van der Waals surface area (Å²) < 4.78 is 39.0. The Kier molecular flexibility index (Phi) is 16.8. The number of carbonyl (C=O) groups excluding carboxylic acids is 1. The largest absolute Gasteiger partial charge is 2.00 e. The minimum absolute atomic E-state index is 0. The van der Waals surface area contributed by atoms with Gasteiger partial charge in [-0.15, -0.1) is 35.9 Å². The van der Waals surface area contributed by atoms with Gasteiger partial charge in [0.1, 0.15) is 0 Å². The van der Waals surface area contributed by atoms with Gasteiger partial charge in [0.15, 0.2) is 0 Å². The first-order valence-electron chi connectivity index (χ1n) is 14.3. The number of ketones is 1. The zero-order valence-electron chi connectivity index (χ0n) is 25.3. The zero-order valence-corrected chi connectivity index (χ0v) is 27.8. The summed E-state index contributed by atoms with van der Waals surface area (Å²) in [4.78, 5) is 15.9. The van der Waals surface area contributed by atoms with Gasteiger partial charge < -0.3 is 22.1 Å². The van der Waals surface area contributed by atoms with Crippen molar-refractivity contribution in [3.05, 3.63) is 168 Å². The van der Waals surface area contributed by atoms with E-state index < -0.39 is 15.2 Å². The molecule has 0 radical (unpaired) electrons. The number of para-hydroxylation sites is 1. The number of carbonyl (C=O) groups is 1. The molecule has 0 saturated carbocycles. The summed E-state index contributed by atoms with van der Waals surface area (Å²) in [6, 6.07) is 49.9. The number of rotatable bonds is 8. The normalized spacial score (nSPS) is 11.1. The molecule has 5 aromatic rings. The van der Waals surface area contributed by atoms with Crippen LogP contribution in [0.3, 0.4) is 0 Å². The molecule has 2 nitrogen and oxygen atoms in total. The van der Waals surface area contributed by atoms with Crippen molar-refractivity contribution in [3.63, 3.8) is 0 Å². The van der Waals surface area contributed by atoms with Gasteiger partial charge in [-0.3, -0.25) is 4.99 Å². The van der Waals surface area contributed by atoms with Crippen molar-refractivity contribution in [2.24, 2.45) is 4.99 Å². The van der Waals surface area contributed by atoms with Gasteiger partial charge in [-0.1, -0.05) is 128 Å². The molecular weight excluding hydrogens is 699 g/mol. The molecule has 0 aliphatic heterocycles. The molecule has 0 N–H and O–H groups in total. The first kappa shape index (κ1) is 38.2. The fraction of sp³-hybridized carbons (Fsp3) is 0.0811. The van der Waals surface area contributed by atoms with Gasteiger partial charge in [0.25, 0.3) is 0 Å². The molecule has 0 heterocycles. The molecule has 5 rings (SSSR count). The van der Waals surface area contributed by atoms with Crippen molar-refractivity contribution >= 4 is 48.8 Å². The van der Waals surface area contributed by atoms with Gasteiger partial charge in [0, 0.05) is 11.5 Å². The quantitative estimate of drug-likeness (QED) is 0.0391. The van der Waals surface area contributed by atoms with Crippen LogP contribution in [0.2, 0.25) is 0 Å². The molecule has 9 heteroatoms. The Hall–Kier alpha value is -3.94. The smallest absolute Gasteiger partial charge is 0.418 e. The van der Waals surface area contributed by atoms with Gasteiger partial charge in [-0.25, -0.2) is 0 Å². The number of hydrogen-bond donors (Lipinski definition) is 0. The number of aliphatic imine (C=N–C) groups is 1. The molecule has 238 valence electrons. The molecule has 0 unspecified atom stereocenters. The minimum atomic E-state index is -6.00. The van der Waals surface area contributed by atoms with Crippen LogP contribution >= 0.6 is 7.92 Å². The third kappa shape index (κ3) is 14.0. The van der Waals surface area contributed by atoms with E-state index in [1.807, 2.05) is 61.7 Å². The van der Waals surface area contributed by atoms with Gasteiger partial charge >= 0.3 is 27.7 Å². The Balaban J connectivity index is 0.000000324. The summed E-state index contributed by atoms with van der Waals surface area (Å²) in [5.41, 5.74) is 3.86. The van der Waals surface area contributed by atoms with Gasteiger partial charge in [-0.05, 0) is 43.5 Å². The fourth-order valence-corrected chi connectivity index (χ4v) is 6.54. The van der Waals surface area contributed by atoms with Crippen LogP contribution in [0.5, 0.6) is 0 Å². The van der Waals surface area contributed by atoms with Gasteiger partial charge in [0.05, 0.1) is 11.5 Å². The Morgan fingerprint density at radius 3 is 1.57 bits per heavy atom. The molecule has 0 atom stereocenters. The van der Waals surface area contributed by atoms with Crippen LogP contribution in [0.1, 0.15) is 31.4 Å². The number of nitrogens with zero attached hydrogens (tertiary/aromatic N) is 1. The maximum Gasteiger partial charge on any atom is 2.00 e. The van der Waals surface area contributed by atoms with E-state index in [0.29, 0.717) is 0 Å². The van der Waals surface area contributed by atoms with Crippen LogP contribution in [0, 0.1) is 6.08 Å². The Bertz CT molecular complexity index is 1610. The van der Waals surface area contributed by atoms with Gasteiger partial charge in [0.2, 0.25) is 0 Å². The van der Waals surface area contributed by atoms with Gasteiger partial charge in [-0.2, -0.15) is 0 Å². The van der Waals surface area contributed by atoms with Crippen molar-refractivity contribution in [1.82, 2.24) is 0 Å². The first-order chi connectivity index (χ1) is 21.7. The van der Waals surface area contributed by atoms with Crippen LogP contribution in [0.4, 0.5) is 23.0 Å². The third-order valence-corrected chi connectivity index (χ3v) is 8.64. The van der Waals surface area contributed by atoms with Crippen LogP contribution in [-0.4, -0.2) is 19.3 Å². The number of halogens is 4. The van der Waals surface area contributed by atoms with Crippen molar-refractivity contribution in [2.75, 3.05) is 0 Å². The van der Waals surface area contributed by atoms with Crippen molar-refractivity contribution in [2.45, 2.75) is 20.3 Å². The second-order valence-corrected chi connectivity index (χ2v) is 11.7. The monoisotopic (exact) mass is 731 g/mol. The van der Waals surface area contributed by atoms with E-state index in [1.165, 1.54) is 15.9 Å². The van der Waals surface area contributed by atoms with E-state index in [2.05, 4.69) is 103 Å². The molecule has 0 spiro atoms. The van der Waals surface area contributed by atoms with Crippen LogP contribution in [-0.2, 0) is 25.2 Å². The summed E-state index contributed by atoms with van der Waals surface area (Å²) in [6.45, 7) is 3.54. The molecule has 0 bridgehead atoms. The first-order valence-corrected chi connectivity index (χ1v) is 15.6. The Morgan fingerprint density at radius 1 is 0.696 bits per heavy atom. The van der Waals surface area contributed by atoms with Crippen LogP contribution in [0.25, 0.3) is 0 Å². The predicted molar refractivity (Wildman–Crippen MR) is 182 cm³/mol. The average molecular weight is 732 g/mol. The zero-order chi connectivity index (χ0) is 32.5. The number of hydrogen-bond acceptors (Lipinski definition) is 2. The summed E-state index contributed by atoms with van der Waals surface area (Å²) >= 11 is 0. The third-order valence-electron chi connectivity index (χ3n) is 6.15. The number of allylic oxidation sites excluding steroid dienone is 1. The number of Topliss-reactive ketones (excluding diaryl/α,β-unsaturated/α-hetero) is 1. The van der Waals surface area contributed by atoms with Crippen LogP contribution in [0.15, 0.2) is 156 Å². The molecule has 0 fully saturated rings. The van der Waals surface area contributed by atoms with E-state index in [-0.39, 0.29) is 26.2 Å². The summed E-state index contributed by atoms with van der Waals surface area (Å²) in [5.74, 6) is 0.103. The fourth-order valence-electron chi connectivity index (χ4n) is 4.15. The summed E-state index contributed by atoms with van der Waals surface area (Å²) in [7, 11) is -6.66. The van der Waals surface area contributed by atoms with E-state index in [4.69, 9.17) is 4.99 Å². The molecule has 0 aromatic heterocycles. The second kappa shape index (κ2) is 20.2. The standard InChI is InChI=1S/C25H20NP.C12H13O.BF4.Pd/c1-4-12-21(13-5-1)20-26-24-18-10-11-19-25(24)27(22-14-6-2-7-15-22)23-16-8-3-9-17-23;1-3-12(10(2)13)9-11-7-5-4-6-8-11;2-1(3,4)5;/h1-20H;4-8H,3H2,1-2H3;;/q;2*-1;+2. The maximum absolute atomic E-state index is 11.1. The van der Waals surface area contributed by atoms with Crippen molar-refractivity contribution < 1.29 is 42.5 Å². The van der Waals surface area contributed by atoms with E-state index in [0.717, 1.165) is 28.8 Å². The predicted octanol–water partition coefficient (Wildman–Crippen LogP) is 9.26. The van der Waals surface area contributed by atoms with Crippen molar-refractivity contribution in [1.29, 1.82) is 0 Å². The van der Waals surface area contributed by atoms with Crippen LogP contribution < -0.4 is 15.9 Å². The Labute approximate surface area is 283 Å². The molecule has 0 aliphatic rings. The molecule has 5 aromatic carbocycles. The topological polar surface area (TPSA) is 29.4 Å². The molecule has 46 heavy (non-hydrogen) atoms. The molecular formula is C37H33BF4NOPPd. The number of benzene rings is 5. The average Bonchev–Trinajstić information content (AvgIpc) is 3.05. The SMILES string of the molecule is C(=Nc1ccccc1P(c1ccccc1)c1ccccc1)c1ccccc1.CCC(=[C-]c1ccccc1)C(C)=O.F[B-](F)(F)F.[Pd+2]. The molecule has 0 amide bonds. The second-order valence-electron chi connectivity index (χ2n) is 9.54. The molecule has 0 saturated heterocycles. The minimum Gasteiger partial charge on any atom is -0.418 e. The molecule has 0 aliphatic carbocycles. The van der Waals surface area contributed by atoms with E-state index in [1.54, 1.807) is 6.92 Å². The summed E-state index contributed by atoms with van der Waals surface area (Å²) in [5, 5.41) is 3.94. The van der Waals surface area contributed by atoms with Crippen molar-refractivity contribution in [3.8, 4) is 0 Å². The summed E-state index contributed by atoms with van der Waals surface area (Å²) in [6.07, 6.45) is 5.78. The van der Waals surface area contributed by atoms with E-state index in [9.17, 15) is 22.1 Å². The van der Waals surface area contributed by atoms with E-state index >= 15 is 0 Å². The maximum atomic E-state index is 11.1.